The third-order valence-electron chi connectivity index (χ3n) is 7.49. The number of hydrogen-bond donors (Lipinski definition) is 0. The zero-order valence-electron chi connectivity index (χ0n) is 23.6. The molecule has 1 aliphatic heterocycles. The Morgan fingerprint density at radius 3 is 2.50 bits per heavy atom. The predicted octanol–water partition coefficient (Wildman–Crippen LogP) is 8.18. The summed E-state index contributed by atoms with van der Waals surface area (Å²) in [5.74, 6) is 0.211. The van der Waals surface area contributed by atoms with Crippen molar-refractivity contribution < 1.29 is 18.3 Å². The topological polar surface area (TPSA) is 39.5 Å². The number of halogens is 4. The number of nitrogens with zero attached hydrogens (tertiary/aromatic N) is 3. The van der Waals surface area contributed by atoms with Crippen LogP contribution in [0, 0.1) is 11.6 Å². The molecule has 5 rings (SSSR count). The van der Waals surface area contributed by atoms with Gasteiger partial charge in [0.05, 0.1) is 36.7 Å². The van der Waals surface area contributed by atoms with Crippen molar-refractivity contribution in [2.45, 2.75) is 36.6 Å². The van der Waals surface area contributed by atoms with Gasteiger partial charge in [-0.3, -0.25) is 9.47 Å². The highest BCUT2D eigenvalue weighted by molar-refractivity contribution is 7.98. The summed E-state index contributed by atoms with van der Waals surface area (Å²) < 4.78 is 41.9. The number of benzene rings is 3. The Labute approximate surface area is 259 Å². The fraction of sp³-hybridized carbons (Fsp3) is 0.344. The van der Waals surface area contributed by atoms with E-state index >= 15 is 0 Å². The van der Waals surface area contributed by atoms with Crippen molar-refractivity contribution in [1.82, 2.24) is 14.5 Å². The Morgan fingerprint density at radius 2 is 1.76 bits per heavy atom. The molecule has 0 N–H and O–H groups in total. The van der Waals surface area contributed by atoms with Gasteiger partial charge in [0.1, 0.15) is 17.4 Å². The maximum atomic E-state index is 14.5. The molecule has 0 amide bonds. The van der Waals surface area contributed by atoms with Crippen LogP contribution in [0.5, 0.6) is 5.75 Å². The van der Waals surface area contributed by atoms with Gasteiger partial charge in [-0.05, 0) is 60.5 Å². The van der Waals surface area contributed by atoms with Gasteiger partial charge in [-0.15, -0.1) is 0 Å². The van der Waals surface area contributed by atoms with Crippen LogP contribution < -0.4 is 4.74 Å². The Morgan fingerprint density at radius 1 is 1.00 bits per heavy atom. The highest BCUT2D eigenvalue weighted by atomic mass is 35.5. The lowest BCUT2D eigenvalue weighted by molar-refractivity contribution is 0.0358. The summed E-state index contributed by atoms with van der Waals surface area (Å²) in [6.45, 7) is 9.12. The van der Waals surface area contributed by atoms with Crippen molar-refractivity contribution in [1.29, 1.82) is 0 Å². The summed E-state index contributed by atoms with van der Waals surface area (Å²) in [5, 5.41) is 1.55. The molecule has 0 saturated carbocycles. The highest BCUT2D eigenvalue weighted by Gasteiger charge is 2.30. The second-order valence-electron chi connectivity index (χ2n) is 10.7. The summed E-state index contributed by atoms with van der Waals surface area (Å²) in [5.41, 5.74) is 2.45. The average molecular weight is 633 g/mol. The summed E-state index contributed by atoms with van der Waals surface area (Å²) in [6, 6.07) is 16.7. The number of thioether (sulfide) groups is 1. The van der Waals surface area contributed by atoms with E-state index in [1.54, 1.807) is 24.3 Å². The van der Waals surface area contributed by atoms with Crippen LogP contribution in [0.1, 0.15) is 37.1 Å². The Bertz CT molecular complexity index is 1490. The molecule has 0 aliphatic carbocycles. The fourth-order valence-corrected chi connectivity index (χ4v) is 6.48. The number of hydrogen-bond acceptors (Lipinski definition) is 5. The van der Waals surface area contributed by atoms with Gasteiger partial charge in [0.2, 0.25) is 0 Å². The lowest BCUT2D eigenvalue weighted by Crippen LogP contribution is -2.37. The Kier molecular flexibility index (Phi) is 10.1. The molecule has 3 aromatic carbocycles. The molecule has 222 valence electrons. The SMILES string of the molecule is CC(C)(c1ccc(Cl)c(OCCCN2CCOCC2)c1)c1cnc(SCc2c(F)cccc2Cl)n1-c1ccc(F)cc1. The van der Waals surface area contributed by atoms with Crippen LogP contribution in [0.3, 0.4) is 0 Å². The molecule has 1 fully saturated rings. The molecular formula is C32H33Cl2F2N3O2S. The summed E-state index contributed by atoms with van der Waals surface area (Å²) in [6.07, 6.45) is 2.69. The number of rotatable bonds is 11. The minimum atomic E-state index is -0.549. The molecule has 5 nitrogen and oxygen atoms in total. The predicted molar refractivity (Wildman–Crippen MR) is 165 cm³/mol. The quantitative estimate of drug-likeness (QED) is 0.123. The first kappa shape index (κ1) is 30.8. The molecule has 0 spiro atoms. The van der Waals surface area contributed by atoms with Crippen molar-refractivity contribution in [3.63, 3.8) is 0 Å². The second kappa shape index (κ2) is 13.8. The summed E-state index contributed by atoms with van der Waals surface area (Å²) in [4.78, 5) is 7.10. The average Bonchev–Trinajstić information content (AvgIpc) is 3.41. The lowest BCUT2D eigenvalue weighted by atomic mass is 9.81. The molecule has 0 radical (unpaired) electrons. The maximum Gasteiger partial charge on any atom is 0.173 e. The molecule has 1 aliphatic rings. The molecule has 1 saturated heterocycles. The van der Waals surface area contributed by atoms with Crippen molar-refractivity contribution in [3.8, 4) is 11.4 Å². The molecule has 0 bridgehead atoms. The van der Waals surface area contributed by atoms with Gasteiger partial charge < -0.3 is 9.47 Å². The van der Waals surface area contributed by atoms with Gasteiger partial charge in [0.15, 0.2) is 5.16 Å². The van der Waals surface area contributed by atoms with E-state index < -0.39 is 5.41 Å². The van der Waals surface area contributed by atoms with E-state index in [0.717, 1.165) is 56.2 Å². The first-order valence-corrected chi connectivity index (χ1v) is 15.6. The molecule has 42 heavy (non-hydrogen) atoms. The van der Waals surface area contributed by atoms with Crippen LogP contribution in [-0.4, -0.2) is 53.9 Å². The third kappa shape index (κ3) is 7.12. The van der Waals surface area contributed by atoms with Crippen LogP contribution in [0.25, 0.3) is 5.69 Å². The van der Waals surface area contributed by atoms with Gasteiger partial charge in [-0.25, -0.2) is 13.8 Å². The minimum absolute atomic E-state index is 0.285. The number of imidazole rings is 1. The van der Waals surface area contributed by atoms with Crippen LogP contribution in [0.15, 0.2) is 72.0 Å². The van der Waals surface area contributed by atoms with Gasteiger partial charge >= 0.3 is 0 Å². The monoisotopic (exact) mass is 631 g/mol. The molecule has 0 atom stereocenters. The van der Waals surface area contributed by atoms with E-state index in [1.165, 1.54) is 30.0 Å². The smallest absolute Gasteiger partial charge is 0.173 e. The van der Waals surface area contributed by atoms with E-state index in [-0.39, 0.29) is 17.4 Å². The van der Waals surface area contributed by atoms with Gasteiger partial charge in [0.25, 0.3) is 0 Å². The lowest BCUT2D eigenvalue weighted by Gasteiger charge is -2.28. The fourth-order valence-electron chi connectivity index (χ4n) is 4.97. The Balaban J connectivity index is 1.41. The largest absolute Gasteiger partial charge is 0.492 e. The highest BCUT2D eigenvalue weighted by Crippen LogP contribution is 2.39. The van der Waals surface area contributed by atoms with Gasteiger partial charge in [0, 0.05) is 47.1 Å². The number of ether oxygens (including phenoxy) is 2. The van der Waals surface area contributed by atoms with Gasteiger partial charge in [-0.1, -0.05) is 60.9 Å². The van der Waals surface area contributed by atoms with E-state index in [4.69, 9.17) is 37.7 Å². The number of aromatic nitrogens is 2. The van der Waals surface area contributed by atoms with E-state index in [1.807, 2.05) is 29.0 Å². The van der Waals surface area contributed by atoms with Crippen LogP contribution in [0.4, 0.5) is 8.78 Å². The molecule has 2 heterocycles. The first-order valence-electron chi connectivity index (χ1n) is 13.9. The van der Waals surface area contributed by atoms with Crippen LogP contribution in [-0.2, 0) is 15.9 Å². The minimum Gasteiger partial charge on any atom is -0.492 e. The zero-order valence-corrected chi connectivity index (χ0v) is 25.9. The van der Waals surface area contributed by atoms with Crippen molar-refractivity contribution in [2.75, 3.05) is 39.5 Å². The third-order valence-corrected chi connectivity index (χ3v) is 9.14. The second-order valence-corrected chi connectivity index (χ2v) is 12.4. The Hall–Kier alpha value is -2.62. The van der Waals surface area contributed by atoms with Crippen LogP contribution >= 0.6 is 35.0 Å². The summed E-state index contributed by atoms with van der Waals surface area (Å²) in [7, 11) is 0. The van der Waals surface area contributed by atoms with E-state index in [9.17, 15) is 8.78 Å². The van der Waals surface area contributed by atoms with Crippen molar-refractivity contribution >= 4 is 35.0 Å². The van der Waals surface area contributed by atoms with E-state index in [0.29, 0.717) is 33.1 Å². The first-order chi connectivity index (χ1) is 20.2. The molecule has 0 unspecified atom stereocenters. The normalized spacial score (nSPS) is 14.3. The van der Waals surface area contributed by atoms with E-state index in [2.05, 4.69) is 18.7 Å². The zero-order chi connectivity index (χ0) is 29.7. The van der Waals surface area contributed by atoms with Crippen LogP contribution in [0.2, 0.25) is 10.0 Å². The van der Waals surface area contributed by atoms with Crippen molar-refractivity contribution in [2.24, 2.45) is 0 Å². The summed E-state index contributed by atoms with van der Waals surface area (Å²) >= 11 is 14.2. The standard InChI is InChI=1S/C32H33Cl2F2N3O2S/c1-32(2,22-7-12-27(34)29(19-22)41-16-4-13-38-14-17-40-18-15-38)30-20-37-31(39(30)24-10-8-23(35)9-11-24)42-21-25-26(33)5-3-6-28(25)36/h3,5-12,19-20H,4,13-18,21H2,1-2H3. The molecular weight excluding hydrogens is 599 g/mol. The maximum absolute atomic E-state index is 14.5. The molecule has 10 heteroatoms. The molecule has 4 aromatic rings. The van der Waals surface area contributed by atoms with Gasteiger partial charge in [-0.2, -0.15) is 0 Å². The molecule has 1 aromatic heterocycles. The van der Waals surface area contributed by atoms with Crippen molar-refractivity contribution in [3.05, 3.63) is 105 Å². The number of morpholine rings is 1.